The Morgan fingerprint density at radius 2 is 1.88 bits per heavy atom. The van der Waals surface area contributed by atoms with Gasteiger partial charge in [0.1, 0.15) is 0 Å². The molecule has 0 atom stereocenters. The maximum absolute atomic E-state index is 4.68. The first kappa shape index (κ1) is 10.8. The lowest BCUT2D eigenvalue weighted by molar-refractivity contribution is 0.683. The summed E-state index contributed by atoms with van der Waals surface area (Å²) in [5.74, 6) is 0. The molecule has 0 saturated heterocycles. The van der Waals surface area contributed by atoms with Crippen molar-refractivity contribution in [3.05, 3.63) is 40.4 Å². The maximum Gasteiger partial charge on any atom is 0.187 e. The normalized spacial score (nSPS) is 14.4. The molecule has 0 fully saturated rings. The number of benzene rings is 1. The van der Waals surface area contributed by atoms with Gasteiger partial charge in [-0.25, -0.2) is 4.98 Å². The third kappa shape index (κ3) is 2.34. The molecule has 1 aliphatic rings. The molecule has 1 aromatic heterocycles. The van der Waals surface area contributed by atoms with Crippen LogP contribution in [-0.4, -0.2) is 4.98 Å². The summed E-state index contributed by atoms with van der Waals surface area (Å²) in [5, 5.41) is 4.44. The molecule has 3 heteroatoms. The number of rotatable bonds is 2. The molecule has 88 valence electrons. The van der Waals surface area contributed by atoms with Crippen molar-refractivity contribution in [1.29, 1.82) is 0 Å². The Kier molecular flexibility index (Phi) is 2.85. The minimum absolute atomic E-state index is 1.04. The molecule has 0 unspecified atom stereocenters. The predicted octanol–water partition coefficient (Wildman–Crippen LogP) is 4.07. The van der Waals surface area contributed by atoms with Crippen molar-refractivity contribution in [1.82, 2.24) is 4.98 Å². The van der Waals surface area contributed by atoms with Crippen LogP contribution >= 0.6 is 11.3 Å². The van der Waals surface area contributed by atoms with Gasteiger partial charge in [-0.2, -0.15) is 0 Å². The standard InChI is InChI=1S/C14H16N2S/c1-10-6-8-11(9-7-10)15-14-16-12-4-2-3-5-13(12)17-14/h6-9H,2-5H2,1H3,(H,15,16). The summed E-state index contributed by atoms with van der Waals surface area (Å²) in [4.78, 5) is 6.15. The van der Waals surface area contributed by atoms with Crippen LogP contribution in [0.2, 0.25) is 0 Å². The van der Waals surface area contributed by atoms with Crippen LogP contribution in [0.1, 0.15) is 29.0 Å². The maximum atomic E-state index is 4.68. The van der Waals surface area contributed by atoms with Crippen LogP contribution in [0, 0.1) is 6.92 Å². The van der Waals surface area contributed by atoms with E-state index in [1.54, 1.807) is 0 Å². The Labute approximate surface area is 106 Å². The number of nitrogens with zero attached hydrogens (tertiary/aromatic N) is 1. The Bertz CT molecular complexity index is 490. The molecule has 0 bridgehead atoms. The molecule has 17 heavy (non-hydrogen) atoms. The lowest BCUT2D eigenvalue weighted by Crippen LogP contribution is -1.99. The highest BCUT2D eigenvalue weighted by Crippen LogP contribution is 2.31. The van der Waals surface area contributed by atoms with Crippen LogP contribution in [-0.2, 0) is 12.8 Å². The first-order valence-corrected chi connectivity index (χ1v) is 6.95. The van der Waals surface area contributed by atoms with Crippen molar-refractivity contribution in [2.24, 2.45) is 0 Å². The summed E-state index contributed by atoms with van der Waals surface area (Å²) in [6, 6.07) is 8.46. The van der Waals surface area contributed by atoms with Crippen molar-refractivity contribution in [2.75, 3.05) is 5.32 Å². The van der Waals surface area contributed by atoms with Crippen LogP contribution < -0.4 is 5.32 Å². The number of anilines is 2. The Balaban J connectivity index is 1.80. The Morgan fingerprint density at radius 3 is 2.65 bits per heavy atom. The van der Waals surface area contributed by atoms with E-state index < -0.39 is 0 Å². The third-order valence-corrected chi connectivity index (χ3v) is 4.22. The van der Waals surface area contributed by atoms with E-state index in [4.69, 9.17) is 0 Å². The van der Waals surface area contributed by atoms with Gasteiger partial charge in [-0.1, -0.05) is 17.7 Å². The SMILES string of the molecule is Cc1ccc(Nc2nc3c(s2)CCCC3)cc1. The summed E-state index contributed by atoms with van der Waals surface area (Å²) in [6.45, 7) is 2.10. The average molecular weight is 244 g/mol. The number of hydrogen-bond acceptors (Lipinski definition) is 3. The topological polar surface area (TPSA) is 24.9 Å². The van der Waals surface area contributed by atoms with Crippen molar-refractivity contribution in [3.63, 3.8) is 0 Å². The molecule has 0 aliphatic heterocycles. The van der Waals surface area contributed by atoms with E-state index in [0.717, 1.165) is 17.2 Å². The van der Waals surface area contributed by atoms with Gasteiger partial charge in [0.15, 0.2) is 5.13 Å². The van der Waals surface area contributed by atoms with Gasteiger partial charge in [0.2, 0.25) is 0 Å². The molecule has 1 N–H and O–H groups in total. The number of hydrogen-bond donors (Lipinski definition) is 1. The molecule has 2 aromatic rings. The van der Waals surface area contributed by atoms with Gasteiger partial charge >= 0.3 is 0 Å². The summed E-state index contributed by atoms with van der Waals surface area (Å²) < 4.78 is 0. The summed E-state index contributed by atoms with van der Waals surface area (Å²) in [6.07, 6.45) is 4.98. The minimum atomic E-state index is 1.04. The summed E-state index contributed by atoms with van der Waals surface area (Å²) in [5.41, 5.74) is 3.73. The van der Waals surface area contributed by atoms with Gasteiger partial charge in [-0.3, -0.25) is 0 Å². The van der Waals surface area contributed by atoms with Crippen molar-refractivity contribution >= 4 is 22.2 Å². The van der Waals surface area contributed by atoms with E-state index >= 15 is 0 Å². The fourth-order valence-electron chi connectivity index (χ4n) is 2.17. The van der Waals surface area contributed by atoms with Crippen LogP contribution in [0.5, 0.6) is 0 Å². The molecule has 0 saturated carbocycles. The summed E-state index contributed by atoms with van der Waals surface area (Å²) >= 11 is 1.81. The van der Waals surface area contributed by atoms with Crippen molar-refractivity contribution in [3.8, 4) is 0 Å². The number of nitrogens with one attached hydrogen (secondary N) is 1. The molecule has 1 aliphatic carbocycles. The molecule has 0 amide bonds. The van der Waals surface area contributed by atoms with Crippen LogP contribution in [0.3, 0.4) is 0 Å². The first-order valence-electron chi connectivity index (χ1n) is 6.13. The van der Waals surface area contributed by atoms with E-state index in [2.05, 4.69) is 41.5 Å². The zero-order chi connectivity index (χ0) is 11.7. The zero-order valence-corrected chi connectivity index (χ0v) is 10.8. The number of fused-ring (bicyclic) bond motifs is 1. The van der Waals surface area contributed by atoms with E-state index in [-0.39, 0.29) is 0 Å². The second kappa shape index (κ2) is 4.49. The van der Waals surface area contributed by atoms with Gasteiger partial charge in [0.05, 0.1) is 5.69 Å². The monoisotopic (exact) mass is 244 g/mol. The van der Waals surface area contributed by atoms with E-state index in [1.165, 1.54) is 35.4 Å². The van der Waals surface area contributed by atoms with E-state index in [0.29, 0.717) is 0 Å². The largest absolute Gasteiger partial charge is 0.332 e. The van der Waals surface area contributed by atoms with Gasteiger partial charge < -0.3 is 5.32 Å². The van der Waals surface area contributed by atoms with Crippen LogP contribution in [0.25, 0.3) is 0 Å². The lowest BCUT2D eigenvalue weighted by Gasteiger charge is -2.06. The van der Waals surface area contributed by atoms with Crippen LogP contribution in [0.4, 0.5) is 10.8 Å². The fourth-order valence-corrected chi connectivity index (χ4v) is 3.24. The minimum Gasteiger partial charge on any atom is -0.332 e. The fraction of sp³-hybridized carbons (Fsp3) is 0.357. The van der Waals surface area contributed by atoms with Crippen LogP contribution in [0.15, 0.2) is 24.3 Å². The molecule has 1 aromatic carbocycles. The predicted molar refractivity (Wildman–Crippen MR) is 73.2 cm³/mol. The van der Waals surface area contributed by atoms with Gasteiger partial charge in [0, 0.05) is 10.6 Å². The molecular weight excluding hydrogens is 228 g/mol. The number of aromatic nitrogens is 1. The second-order valence-electron chi connectivity index (χ2n) is 4.59. The van der Waals surface area contributed by atoms with E-state index in [1.807, 2.05) is 11.3 Å². The van der Waals surface area contributed by atoms with Gasteiger partial charge in [0.25, 0.3) is 0 Å². The highest BCUT2D eigenvalue weighted by atomic mass is 32.1. The second-order valence-corrected chi connectivity index (χ2v) is 5.67. The third-order valence-electron chi connectivity index (χ3n) is 3.15. The lowest BCUT2D eigenvalue weighted by atomic mass is 10.0. The number of aryl methyl sites for hydroxylation is 3. The number of thiazole rings is 1. The molecule has 2 nitrogen and oxygen atoms in total. The first-order chi connectivity index (χ1) is 8.31. The van der Waals surface area contributed by atoms with Crippen molar-refractivity contribution < 1.29 is 0 Å². The van der Waals surface area contributed by atoms with Gasteiger partial charge in [-0.05, 0) is 44.7 Å². The highest BCUT2D eigenvalue weighted by Gasteiger charge is 2.14. The molecule has 1 heterocycles. The quantitative estimate of drug-likeness (QED) is 0.861. The van der Waals surface area contributed by atoms with Crippen molar-refractivity contribution in [2.45, 2.75) is 32.6 Å². The average Bonchev–Trinajstić information content (AvgIpc) is 2.74. The highest BCUT2D eigenvalue weighted by molar-refractivity contribution is 7.15. The van der Waals surface area contributed by atoms with Gasteiger partial charge in [-0.15, -0.1) is 11.3 Å². The molecular formula is C14H16N2S. The summed E-state index contributed by atoms with van der Waals surface area (Å²) in [7, 11) is 0. The molecule has 0 radical (unpaired) electrons. The Hall–Kier alpha value is -1.35. The zero-order valence-electron chi connectivity index (χ0n) is 9.99. The Morgan fingerprint density at radius 1 is 1.12 bits per heavy atom. The molecule has 0 spiro atoms. The van der Waals surface area contributed by atoms with E-state index in [9.17, 15) is 0 Å². The smallest absolute Gasteiger partial charge is 0.187 e. The molecule has 3 rings (SSSR count).